The van der Waals surface area contributed by atoms with E-state index in [9.17, 15) is 0 Å². The van der Waals surface area contributed by atoms with Gasteiger partial charge in [-0.05, 0) is 37.8 Å². The molecule has 1 aromatic rings. The summed E-state index contributed by atoms with van der Waals surface area (Å²) < 4.78 is 0. The van der Waals surface area contributed by atoms with E-state index in [2.05, 4.69) is 30.1 Å². The van der Waals surface area contributed by atoms with Gasteiger partial charge in [0.25, 0.3) is 0 Å². The van der Waals surface area contributed by atoms with Crippen LogP contribution < -0.4 is 10.2 Å². The van der Waals surface area contributed by atoms with Crippen LogP contribution in [0.25, 0.3) is 0 Å². The largest absolute Gasteiger partial charge is 0.357 e. The highest BCUT2D eigenvalue weighted by atomic mass is 35.5. The number of unbranched alkanes of at least 4 members (excludes halogenated alkanes) is 2. The number of anilines is 1. The van der Waals surface area contributed by atoms with Crippen molar-refractivity contribution in [2.45, 2.75) is 65.0 Å². The molecule has 0 aromatic carbocycles. The molecule has 0 atom stereocenters. The molecule has 118 valence electrons. The molecule has 0 bridgehead atoms. The van der Waals surface area contributed by atoms with E-state index in [4.69, 9.17) is 16.6 Å². The first kappa shape index (κ1) is 16.6. The first-order chi connectivity index (χ1) is 10.2. The molecule has 0 saturated heterocycles. The lowest BCUT2D eigenvalue weighted by Gasteiger charge is -2.24. The smallest absolute Gasteiger partial charge is 0.128 e. The van der Waals surface area contributed by atoms with Crippen LogP contribution in [0, 0.1) is 0 Å². The number of hydrogen-bond donors (Lipinski definition) is 1. The van der Waals surface area contributed by atoms with Crippen LogP contribution in [0.5, 0.6) is 0 Å². The highest BCUT2D eigenvalue weighted by molar-refractivity contribution is 6.31. The van der Waals surface area contributed by atoms with Gasteiger partial charge in [-0.25, -0.2) is 4.98 Å². The van der Waals surface area contributed by atoms with Gasteiger partial charge >= 0.3 is 0 Å². The Labute approximate surface area is 134 Å². The van der Waals surface area contributed by atoms with Gasteiger partial charge in [0.15, 0.2) is 0 Å². The summed E-state index contributed by atoms with van der Waals surface area (Å²) in [7, 11) is 0. The number of aromatic nitrogens is 1. The Morgan fingerprint density at radius 2 is 1.86 bits per heavy atom. The zero-order valence-electron chi connectivity index (χ0n) is 13.4. The number of pyridine rings is 1. The molecule has 2 rings (SSSR count). The summed E-state index contributed by atoms with van der Waals surface area (Å²) in [6, 6.07) is 4.75. The molecule has 0 unspecified atom stereocenters. The number of rotatable bonds is 10. The van der Waals surface area contributed by atoms with Crippen molar-refractivity contribution in [3.05, 3.63) is 22.8 Å². The number of nitrogens with one attached hydrogen (secondary N) is 1. The molecule has 1 aliphatic rings. The van der Waals surface area contributed by atoms with Gasteiger partial charge in [-0.1, -0.05) is 38.3 Å². The highest BCUT2D eigenvalue weighted by Gasteiger charge is 2.21. The Morgan fingerprint density at radius 1 is 1.19 bits per heavy atom. The van der Waals surface area contributed by atoms with Gasteiger partial charge in [-0.2, -0.15) is 0 Å². The van der Waals surface area contributed by atoms with Gasteiger partial charge in [0, 0.05) is 25.7 Å². The number of halogens is 1. The Kier molecular flexibility index (Phi) is 6.78. The second-order valence-corrected chi connectivity index (χ2v) is 6.35. The quantitative estimate of drug-likeness (QED) is 0.694. The van der Waals surface area contributed by atoms with Crippen LogP contribution >= 0.6 is 11.6 Å². The zero-order valence-corrected chi connectivity index (χ0v) is 14.1. The third kappa shape index (κ3) is 5.48. The zero-order chi connectivity index (χ0) is 15.1. The Morgan fingerprint density at radius 3 is 2.43 bits per heavy atom. The van der Waals surface area contributed by atoms with Gasteiger partial charge in [-0.15, -0.1) is 0 Å². The van der Waals surface area contributed by atoms with Crippen LogP contribution in [0.15, 0.2) is 12.1 Å². The van der Waals surface area contributed by atoms with Gasteiger partial charge in [0.1, 0.15) is 5.82 Å². The summed E-state index contributed by atoms with van der Waals surface area (Å²) in [6.07, 6.45) is 7.43. The lowest BCUT2D eigenvalue weighted by atomic mass is 10.2. The monoisotopic (exact) mass is 309 g/mol. The average molecular weight is 310 g/mol. The van der Waals surface area contributed by atoms with Crippen LogP contribution in [0.4, 0.5) is 5.82 Å². The van der Waals surface area contributed by atoms with E-state index in [1.165, 1.54) is 38.5 Å². The Balaban J connectivity index is 2.04. The van der Waals surface area contributed by atoms with Crippen LogP contribution in [-0.4, -0.2) is 24.1 Å². The van der Waals surface area contributed by atoms with E-state index in [-0.39, 0.29) is 0 Å². The van der Waals surface area contributed by atoms with Crippen molar-refractivity contribution in [1.29, 1.82) is 0 Å². The maximum absolute atomic E-state index is 6.29. The summed E-state index contributed by atoms with van der Waals surface area (Å²) in [6.45, 7) is 7.42. The summed E-state index contributed by atoms with van der Waals surface area (Å²) in [5, 5.41) is 4.28. The third-order valence-corrected chi connectivity index (χ3v) is 4.27. The summed E-state index contributed by atoms with van der Waals surface area (Å²) in [4.78, 5) is 7.22. The van der Waals surface area contributed by atoms with Crippen LogP contribution in [0.3, 0.4) is 0 Å². The molecular weight excluding hydrogens is 282 g/mol. The first-order valence-electron chi connectivity index (χ1n) is 8.38. The molecule has 0 radical (unpaired) electrons. The van der Waals surface area contributed by atoms with E-state index >= 15 is 0 Å². The number of hydrogen-bond acceptors (Lipinski definition) is 3. The van der Waals surface area contributed by atoms with Gasteiger partial charge in [0.05, 0.1) is 10.7 Å². The molecule has 0 aliphatic heterocycles. The van der Waals surface area contributed by atoms with Crippen molar-refractivity contribution >= 4 is 17.4 Å². The van der Waals surface area contributed by atoms with Crippen LogP contribution in [-0.2, 0) is 6.54 Å². The van der Waals surface area contributed by atoms with Crippen molar-refractivity contribution in [2.24, 2.45) is 0 Å². The van der Waals surface area contributed by atoms with E-state index in [1.807, 2.05) is 6.07 Å². The lowest BCUT2D eigenvalue weighted by Crippen LogP contribution is -2.27. The molecule has 3 nitrogen and oxygen atoms in total. The fourth-order valence-corrected chi connectivity index (χ4v) is 2.51. The van der Waals surface area contributed by atoms with Crippen molar-refractivity contribution < 1.29 is 0 Å². The fraction of sp³-hybridized carbons (Fsp3) is 0.706. The average Bonchev–Trinajstić information content (AvgIpc) is 3.31. The Hall–Kier alpha value is -0.800. The van der Waals surface area contributed by atoms with Crippen molar-refractivity contribution in [2.75, 3.05) is 18.0 Å². The summed E-state index contributed by atoms with van der Waals surface area (Å²) in [5.74, 6) is 1.08. The van der Waals surface area contributed by atoms with Gasteiger partial charge < -0.3 is 10.2 Å². The third-order valence-electron chi connectivity index (χ3n) is 3.93. The normalized spacial score (nSPS) is 14.4. The highest BCUT2D eigenvalue weighted by Crippen LogP contribution is 2.23. The number of nitrogens with zero attached hydrogens (tertiary/aromatic N) is 2. The second kappa shape index (κ2) is 8.60. The molecule has 0 amide bonds. The molecule has 21 heavy (non-hydrogen) atoms. The molecule has 1 fully saturated rings. The minimum Gasteiger partial charge on any atom is -0.357 e. The molecule has 1 N–H and O–H groups in total. The minimum atomic E-state index is 0.683. The molecule has 1 aromatic heterocycles. The molecule has 1 aliphatic carbocycles. The predicted octanol–water partition coefficient (Wildman–Crippen LogP) is 4.39. The second-order valence-electron chi connectivity index (χ2n) is 5.95. The predicted molar refractivity (Wildman–Crippen MR) is 91.1 cm³/mol. The SMILES string of the molecule is CCCCN(CCCC)c1ccc(Cl)c(CNC2CC2)n1. The molecular formula is C17H28ClN3. The molecule has 0 spiro atoms. The minimum absolute atomic E-state index is 0.683. The topological polar surface area (TPSA) is 28.2 Å². The van der Waals surface area contributed by atoms with Crippen molar-refractivity contribution in [3.8, 4) is 0 Å². The van der Waals surface area contributed by atoms with Gasteiger partial charge in [0.2, 0.25) is 0 Å². The van der Waals surface area contributed by atoms with Crippen LogP contribution in [0.2, 0.25) is 5.02 Å². The lowest BCUT2D eigenvalue weighted by molar-refractivity contribution is 0.656. The molecule has 1 saturated carbocycles. The maximum atomic E-state index is 6.29. The fourth-order valence-electron chi connectivity index (χ4n) is 2.34. The van der Waals surface area contributed by atoms with Crippen LogP contribution in [0.1, 0.15) is 58.1 Å². The van der Waals surface area contributed by atoms with Crippen molar-refractivity contribution in [3.63, 3.8) is 0 Å². The molecule has 1 heterocycles. The summed E-state index contributed by atoms with van der Waals surface area (Å²) >= 11 is 6.29. The standard InChI is InChI=1S/C17H28ClN3/c1-3-5-11-21(12-6-4-2)17-10-9-15(18)16(20-17)13-19-14-7-8-14/h9-10,14,19H,3-8,11-13H2,1-2H3. The summed E-state index contributed by atoms with van der Waals surface area (Å²) in [5.41, 5.74) is 0.985. The van der Waals surface area contributed by atoms with E-state index in [1.54, 1.807) is 0 Å². The van der Waals surface area contributed by atoms with Crippen molar-refractivity contribution in [1.82, 2.24) is 10.3 Å². The molecule has 4 heteroatoms. The van der Waals surface area contributed by atoms with E-state index in [0.717, 1.165) is 36.2 Å². The maximum Gasteiger partial charge on any atom is 0.128 e. The first-order valence-corrected chi connectivity index (χ1v) is 8.76. The van der Waals surface area contributed by atoms with E-state index in [0.29, 0.717) is 6.04 Å². The van der Waals surface area contributed by atoms with E-state index < -0.39 is 0 Å². The Bertz CT molecular complexity index is 424. The van der Waals surface area contributed by atoms with Gasteiger partial charge in [-0.3, -0.25) is 0 Å².